The van der Waals surface area contributed by atoms with E-state index in [4.69, 9.17) is 9.05 Å². The highest BCUT2D eigenvalue weighted by Crippen LogP contribution is 2.31. The van der Waals surface area contributed by atoms with Crippen molar-refractivity contribution >= 4 is 11.8 Å². The predicted octanol–water partition coefficient (Wildman–Crippen LogP) is 1.32. The fraction of sp³-hybridized carbons (Fsp3) is 0.611. The summed E-state index contributed by atoms with van der Waals surface area (Å²) in [5.41, 5.74) is 1.13. The van der Waals surface area contributed by atoms with E-state index in [9.17, 15) is 9.59 Å². The van der Waals surface area contributed by atoms with E-state index in [1.54, 1.807) is 23.6 Å². The average molecular weight is 373 g/mol. The molecule has 2 amide bonds. The van der Waals surface area contributed by atoms with Crippen LogP contribution in [0.2, 0.25) is 0 Å². The SMILES string of the molecule is Cc1noc(C)c1C(=O)N1CC(c2nc(CCN(C)C(=O)C3CC3)no2)C1. The van der Waals surface area contributed by atoms with Crippen LogP contribution in [0.5, 0.6) is 0 Å². The van der Waals surface area contributed by atoms with Crippen molar-refractivity contribution in [2.75, 3.05) is 26.7 Å². The Balaban J connectivity index is 1.29. The Bertz CT molecular complexity index is 843. The molecule has 9 nitrogen and oxygen atoms in total. The van der Waals surface area contributed by atoms with Gasteiger partial charge in [-0.2, -0.15) is 4.98 Å². The van der Waals surface area contributed by atoms with Gasteiger partial charge in [0, 0.05) is 39.0 Å². The summed E-state index contributed by atoms with van der Waals surface area (Å²) in [6, 6.07) is 0. The summed E-state index contributed by atoms with van der Waals surface area (Å²) in [6.07, 6.45) is 2.56. The summed E-state index contributed by atoms with van der Waals surface area (Å²) < 4.78 is 10.4. The molecule has 1 saturated heterocycles. The molecule has 9 heteroatoms. The number of likely N-dealkylation sites (N-methyl/N-ethyl adjacent to an activating group) is 1. The van der Waals surface area contributed by atoms with E-state index < -0.39 is 0 Å². The first-order chi connectivity index (χ1) is 12.9. The summed E-state index contributed by atoms with van der Waals surface area (Å²) >= 11 is 0. The number of aryl methyl sites for hydroxylation is 2. The van der Waals surface area contributed by atoms with Gasteiger partial charge in [-0.3, -0.25) is 9.59 Å². The van der Waals surface area contributed by atoms with Crippen molar-refractivity contribution in [1.29, 1.82) is 0 Å². The van der Waals surface area contributed by atoms with Crippen LogP contribution < -0.4 is 0 Å². The van der Waals surface area contributed by atoms with Gasteiger partial charge in [-0.1, -0.05) is 10.3 Å². The normalized spacial score (nSPS) is 17.1. The standard InChI is InChI=1S/C18H23N5O4/c1-10-15(11(2)26-20-10)18(25)23-8-13(9-23)16-19-14(21-27-16)6-7-22(3)17(24)12-4-5-12/h12-13H,4-9H2,1-3H3. The van der Waals surface area contributed by atoms with Crippen LogP contribution in [0.25, 0.3) is 0 Å². The molecule has 0 spiro atoms. The molecule has 0 atom stereocenters. The van der Waals surface area contributed by atoms with E-state index in [1.807, 2.05) is 7.05 Å². The summed E-state index contributed by atoms with van der Waals surface area (Å²) in [7, 11) is 1.81. The Labute approximate surface area is 156 Å². The van der Waals surface area contributed by atoms with Crippen LogP contribution in [0.4, 0.5) is 0 Å². The Morgan fingerprint density at radius 3 is 2.56 bits per heavy atom. The largest absolute Gasteiger partial charge is 0.361 e. The van der Waals surface area contributed by atoms with Gasteiger partial charge in [0.1, 0.15) is 11.3 Å². The second-order valence-corrected chi connectivity index (χ2v) is 7.44. The molecule has 1 aliphatic heterocycles. The number of carbonyl (C=O) groups is 2. The fourth-order valence-corrected chi connectivity index (χ4v) is 3.30. The number of hydrogen-bond donors (Lipinski definition) is 0. The second kappa shape index (κ2) is 6.79. The Kier molecular flexibility index (Phi) is 4.45. The zero-order valence-corrected chi connectivity index (χ0v) is 15.8. The molecule has 0 bridgehead atoms. The number of aromatic nitrogens is 3. The number of nitrogens with zero attached hydrogens (tertiary/aromatic N) is 5. The van der Waals surface area contributed by atoms with Gasteiger partial charge in [0.05, 0.1) is 11.6 Å². The lowest BCUT2D eigenvalue weighted by molar-refractivity contribution is -0.131. The molecule has 2 aromatic rings. The Hall–Kier alpha value is -2.71. The van der Waals surface area contributed by atoms with E-state index in [0.29, 0.717) is 54.8 Å². The van der Waals surface area contributed by atoms with Crippen LogP contribution in [0.15, 0.2) is 9.05 Å². The zero-order valence-electron chi connectivity index (χ0n) is 15.8. The van der Waals surface area contributed by atoms with Gasteiger partial charge < -0.3 is 18.8 Å². The maximum atomic E-state index is 12.5. The van der Waals surface area contributed by atoms with Crippen molar-refractivity contribution in [2.24, 2.45) is 5.92 Å². The third-order valence-electron chi connectivity index (χ3n) is 5.22. The first-order valence-corrected chi connectivity index (χ1v) is 9.23. The van der Waals surface area contributed by atoms with E-state index in [0.717, 1.165) is 12.8 Å². The average Bonchev–Trinajstić information content (AvgIpc) is 3.26. The molecule has 27 heavy (non-hydrogen) atoms. The van der Waals surface area contributed by atoms with Crippen LogP contribution in [0.1, 0.15) is 52.3 Å². The minimum Gasteiger partial charge on any atom is -0.361 e. The molecule has 0 unspecified atom stereocenters. The van der Waals surface area contributed by atoms with Crippen molar-refractivity contribution in [1.82, 2.24) is 25.1 Å². The van der Waals surface area contributed by atoms with Crippen LogP contribution in [0, 0.1) is 19.8 Å². The molecule has 4 rings (SSSR count). The van der Waals surface area contributed by atoms with Crippen molar-refractivity contribution in [2.45, 2.75) is 39.0 Å². The lowest BCUT2D eigenvalue weighted by Crippen LogP contribution is -2.48. The molecule has 2 fully saturated rings. The van der Waals surface area contributed by atoms with Crippen LogP contribution in [0.3, 0.4) is 0 Å². The third-order valence-corrected chi connectivity index (χ3v) is 5.22. The third kappa shape index (κ3) is 3.45. The lowest BCUT2D eigenvalue weighted by Gasteiger charge is -2.36. The molecule has 3 heterocycles. The summed E-state index contributed by atoms with van der Waals surface area (Å²) in [5, 5.41) is 7.84. The van der Waals surface area contributed by atoms with Gasteiger partial charge in [0.15, 0.2) is 5.82 Å². The van der Waals surface area contributed by atoms with Crippen molar-refractivity contribution in [3.63, 3.8) is 0 Å². The quantitative estimate of drug-likeness (QED) is 0.752. The molecule has 144 valence electrons. The highest BCUT2D eigenvalue weighted by atomic mass is 16.5. The topological polar surface area (TPSA) is 106 Å². The predicted molar refractivity (Wildman–Crippen MR) is 93.0 cm³/mol. The molecule has 2 aliphatic rings. The lowest BCUT2D eigenvalue weighted by atomic mass is 9.98. The molecular weight excluding hydrogens is 350 g/mol. The number of hydrogen-bond acceptors (Lipinski definition) is 7. The molecule has 1 aliphatic carbocycles. The van der Waals surface area contributed by atoms with E-state index in [1.165, 1.54) is 0 Å². The first kappa shape index (κ1) is 17.7. The zero-order chi connectivity index (χ0) is 19.1. The molecule has 0 N–H and O–H groups in total. The second-order valence-electron chi connectivity index (χ2n) is 7.44. The van der Waals surface area contributed by atoms with Gasteiger partial charge in [-0.25, -0.2) is 0 Å². The van der Waals surface area contributed by atoms with Crippen molar-refractivity contribution < 1.29 is 18.6 Å². The number of amides is 2. The van der Waals surface area contributed by atoms with Gasteiger partial charge in [0.25, 0.3) is 5.91 Å². The number of rotatable bonds is 6. The van der Waals surface area contributed by atoms with Crippen molar-refractivity contribution in [3.8, 4) is 0 Å². The van der Waals surface area contributed by atoms with E-state index in [2.05, 4.69) is 15.3 Å². The van der Waals surface area contributed by atoms with Gasteiger partial charge in [-0.05, 0) is 26.7 Å². The molecule has 2 aromatic heterocycles. The van der Waals surface area contributed by atoms with Crippen molar-refractivity contribution in [3.05, 3.63) is 28.7 Å². The first-order valence-electron chi connectivity index (χ1n) is 9.23. The maximum absolute atomic E-state index is 12.5. The Morgan fingerprint density at radius 1 is 1.19 bits per heavy atom. The smallest absolute Gasteiger partial charge is 0.259 e. The van der Waals surface area contributed by atoms with Gasteiger partial charge in [-0.15, -0.1) is 0 Å². The summed E-state index contributed by atoms with van der Waals surface area (Å²) in [6.45, 7) is 5.14. The van der Waals surface area contributed by atoms with E-state index in [-0.39, 0.29) is 23.7 Å². The summed E-state index contributed by atoms with van der Waals surface area (Å²) in [5.74, 6) is 2.05. The fourth-order valence-electron chi connectivity index (χ4n) is 3.30. The van der Waals surface area contributed by atoms with Crippen LogP contribution in [-0.2, 0) is 11.2 Å². The van der Waals surface area contributed by atoms with E-state index >= 15 is 0 Å². The van der Waals surface area contributed by atoms with Gasteiger partial charge >= 0.3 is 0 Å². The monoisotopic (exact) mass is 373 g/mol. The minimum atomic E-state index is -0.0811. The maximum Gasteiger partial charge on any atom is 0.259 e. The highest BCUT2D eigenvalue weighted by Gasteiger charge is 2.38. The highest BCUT2D eigenvalue weighted by molar-refractivity contribution is 5.96. The molecule has 1 saturated carbocycles. The molecule has 0 aromatic carbocycles. The van der Waals surface area contributed by atoms with Gasteiger partial charge in [0.2, 0.25) is 11.8 Å². The number of likely N-dealkylation sites (tertiary alicyclic amines) is 1. The summed E-state index contributed by atoms with van der Waals surface area (Å²) in [4.78, 5) is 32.4. The van der Waals surface area contributed by atoms with Crippen LogP contribution in [-0.4, -0.2) is 63.6 Å². The molecule has 0 radical (unpaired) electrons. The minimum absolute atomic E-state index is 0.0431. The Morgan fingerprint density at radius 2 is 1.93 bits per heavy atom. The van der Waals surface area contributed by atoms with Crippen LogP contribution >= 0.6 is 0 Å². The molecular formula is C18H23N5O4. The number of carbonyl (C=O) groups excluding carboxylic acids is 2.